The monoisotopic (exact) mass is 251 g/mol. The van der Waals surface area contributed by atoms with Crippen molar-refractivity contribution in [2.24, 2.45) is 0 Å². The second-order valence-electron chi connectivity index (χ2n) is 4.53. The van der Waals surface area contributed by atoms with E-state index in [2.05, 4.69) is 5.32 Å². The summed E-state index contributed by atoms with van der Waals surface area (Å²) in [5.41, 5.74) is 0. The van der Waals surface area contributed by atoms with E-state index in [1.807, 2.05) is 24.3 Å². The fourth-order valence-electron chi connectivity index (χ4n) is 1.80. The maximum Gasteiger partial charge on any atom is 0.161 e. The lowest BCUT2D eigenvalue weighted by molar-refractivity contribution is 0.0784. The normalized spacial score (nSPS) is 16.3. The van der Waals surface area contributed by atoms with Crippen LogP contribution < -0.4 is 14.8 Å². The number of nitrogens with one attached hydrogen (secondary N) is 1. The Morgan fingerprint density at radius 1 is 1.22 bits per heavy atom. The Labute approximate surface area is 108 Å². The van der Waals surface area contributed by atoms with Gasteiger partial charge in [0.1, 0.15) is 6.10 Å². The van der Waals surface area contributed by atoms with Crippen LogP contribution >= 0.6 is 0 Å². The molecule has 0 spiro atoms. The Kier molecular flexibility index (Phi) is 4.84. The highest BCUT2D eigenvalue weighted by Crippen LogP contribution is 2.27. The molecule has 0 aromatic heterocycles. The minimum Gasteiger partial charge on any atom is -0.493 e. The van der Waals surface area contributed by atoms with Crippen molar-refractivity contribution in [2.45, 2.75) is 25.0 Å². The molecule has 0 saturated heterocycles. The molecule has 4 heteroatoms. The first-order valence-corrected chi connectivity index (χ1v) is 6.35. The van der Waals surface area contributed by atoms with Crippen LogP contribution in [0.15, 0.2) is 24.3 Å². The van der Waals surface area contributed by atoms with Gasteiger partial charge in [0.05, 0.1) is 13.7 Å². The third-order valence-electron chi connectivity index (χ3n) is 2.93. The van der Waals surface area contributed by atoms with Crippen LogP contribution in [0.2, 0.25) is 0 Å². The Bertz CT molecular complexity index is 366. The van der Waals surface area contributed by atoms with E-state index in [0.717, 1.165) is 18.0 Å². The van der Waals surface area contributed by atoms with Crippen LogP contribution in [0.1, 0.15) is 12.8 Å². The molecular formula is C14H21NO3. The lowest BCUT2D eigenvalue weighted by atomic mass is 10.3. The second kappa shape index (κ2) is 6.61. The van der Waals surface area contributed by atoms with Gasteiger partial charge in [-0.2, -0.15) is 0 Å². The van der Waals surface area contributed by atoms with E-state index in [0.29, 0.717) is 12.6 Å². The molecule has 1 aliphatic rings. The highest BCUT2D eigenvalue weighted by molar-refractivity contribution is 5.39. The summed E-state index contributed by atoms with van der Waals surface area (Å²) in [4.78, 5) is 0. The van der Waals surface area contributed by atoms with Crippen LogP contribution in [0.5, 0.6) is 11.5 Å². The molecule has 4 nitrogen and oxygen atoms in total. The quantitative estimate of drug-likeness (QED) is 0.765. The molecule has 1 aromatic rings. The molecule has 0 heterocycles. The Morgan fingerprint density at radius 2 is 1.94 bits per heavy atom. The first-order valence-electron chi connectivity index (χ1n) is 6.35. The molecular weight excluding hydrogens is 230 g/mol. The lowest BCUT2D eigenvalue weighted by Gasteiger charge is -2.20. The molecule has 0 aliphatic heterocycles. The van der Waals surface area contributed by atoms with Gasteiger partial charge in [-0.1, -0.05) is 12.1 Å². The number of methoxy groups -OCH3 is 2. The maximum absolute atomic E-state index is 5.94. The summed E-state index contributed by atoms with van der Waals surface area (Å²) >= 11 is 0. The lowest BCUT2D eigenvalue weighted by Crippen LogP contribution is -2.36. The average molecular weight is 251 g/mol. The molecule has 1 unspecified atom stereocenters. The van der Waals surface area contributed by atoms with E-state index in [1.165, 1.54) is 12.8 Å². The van der Waals surface area contributed by atoms with Crippen molar-refractivity contribution in [3.05, 3.63) is 24.3 Å². The standard InChI is InChI=1S/C14H21NO3/c1-16-10-12(9-15-11-7-8-11)18-14-6-4-3-5-13(14)17-2/h3-6,11-12,15H,7-10H2,1-2H3. The predicted octanol–water partition coefficient (Wildman–Crippen LogP) is 1.84. The smallest absolute Gasteiger partial charge is 0.161 e. The van der Waals surface area contributed by atoms with E-state index in [9.17, 15) is 0 Å². The van der Waals surface area contributed by atoms with Crippen molar-refractivity contribution in [3.8, 4) is 11.5 Å². The fraction of sp³-hybridized carbons (Fsp3) is 0.571. The third-order valence-corrected chi connectivity index (χ3v) is 2.93. The summed E-state index contributed by atoms with van der Waals surface area (Å²) in [6, 6.07) is 8.35. The zero-order chi connectivity index (χ0) is 12.8. The number of benzene rings is 1. The van der Waals surface area contributed by atoms with E-state index in [1.54, 1.807) is 14.2 Å². The van der Waals surface area contributed by atoms with Gasteiger partial charge in [0.15, 0.2) is 11.5 Å². The summed E-state index contributed by atoms with van der Waals surface area (Å²) in [7, 11) is 3.34. The van der Waals surface area contributed by atoms with Crippen LogP contribution in [0.25, 0.3) is 0 Å². The van der Waals surface area contributed by atoms with Gasteiger partial charge in [0, 0.05) is 19.7 Å². The molecule has 18 heavy (non-hydrogen) atoms. The molecule has 1 N–H and O–H groups in total. The number of hydrogen-bond acceptors (Lipinski definition) is 4. The van der Waals surface area contributed by atoms with Crippen LogP contribution in [0, 0.1) is 0 Å². The van der Waals surface area contributed by atoms with E-state index >= 15 is 0 Å². The van der Waals surface area contributed by atoms with Crippen molar-refractivity contribution in [3.63, 3.8) is 0 Å². The number of para-hydroxylation sites is 2. The van der Waals surface area contributed by atoms with E-state index < -0.39 is 0 Å². The van der Waals surface area contributed by atoms with Gasteiger partial charge in [-0.25, -0.2) is 0 Å². The topological polar surface area (TPSA) is 39.7 Å². The van der Waals surface area contributed by atoms with E-state index in [4.69, 9.17) is 14.2 Å². The largest absolute Gasteiger partial charge is 0.493 e. The summed E-state index contributed by atoms with van der Waals surface area (Å²) < 4.78 is 16.4. The Balaban J connectivity index is 1.92. The minimum atomic E-state index is 0.00639. The molecule has 0 amide bonds. The molecule has 1 fully saturated rings. The molecule has 100 valence electrons. The zero-order valence-electron chi connectivity index (χ0n) is 11.0. The molecule has 2 rings (SSSR count). The van der Waals surface area contributed by atoms with E-state index in [-0.39, 0.29) is 6.10 Å². The number of ether oxygens (including phenoxy) is 3. The zero-order valence-corrected chi connectivity index (χ0v) is 11.0. The summed E-state index contributed by atoms with van der Waals surface area (Å²) in [5, 5.41) is 3.45. The van der Waals surface area contributed by atoms with Crippen molar-refractivity contribution in [1.82, 2.24) is 5.32 Å². The van der Waals surface area contributed by atoms with Crippen molar-refractivity contribution in [1.29, 1.82) is 0 Å². The van der Waals surface area contributed by atoms with Gasteiger partial charge in [0.25, 0.3) is 0 Å². The summed E-state index contributed by atoms with van der Waals surface area (Å²) in [5.74, 6) is 1.52. The van der Waals surface area contributed by atoms with Gasteiger partial charge in [-0.15, -0.1) is 0 Å². The highest BCUT2D eigenvalue weighted by atomic mass is 16.5. The van der Waals surface area contributed by atoms with Crippen LogP contribution in [-0.2, 0) is 4.74 Å². The van der Waals surface area contributed by atoms with Crippen molar-refractivity contribution < 1.29 is 14.2 Å². The SMILES string of the molecule is COCC(CNC1CC1)Oc1ccccc1OC. The van der Waals surface area contributed by atoms with Crippen molar-refractivity contribution >= 4 is 0 Å². The third kappa shape index (κ3) is 3.89. The first-order chi connectivity index (χ1) is 8.83. The summed E-state index contributed by atoms with van der Waals surface area (Å²) in [6.45, 7) is 1.37. The fourth-order valence-corrected chi connectivity index (χ4v) is 1.80. The molecule has 0 bridgehead atoms. The Morgan fingerprint density at radius 3 is 2.56 bits per heavy atom. The minimum absolute atomic E-state index is 0.00639. The average Bonchev–Trinajstić information content (AvgIpc) is 3.21. The van der Waals surface area contributed by atoms with Gasteiger partial charge in [0.2, 0.25) is 0 Å². The number of hydrogen-bond donors (Lipinski definition) is 1. The highest BCUT2D eigenvalue weighted by Gasteiger charge is 2.22. The van der Waals surface area contributed by atoms with Crippen molar-refractivity contribution in [2.75, 3.05) is 27.4 Å². The van der Waals surface area contributed by atoms with Gasteiger partial charge in [-0.3, -0.25) is 0 Å². The van der Waals surface area contributed by atoms with Gasteiger partial charge in [-0.05, 0) is 25.0 Å². The maximum atomic E-state index is 5.94. The predicted molar refractivity (Wildman–Crippen MR) is 70.3 cm³/mol. The molecule has 1 atom stereocenters. The summed E-state index contributed by atoms with van der Waals surface area (Å²) in [6.07, 6.45) is 2.55. The molecule has 0 radical (unpaired) electrons. The molecule has 1 aliphatic carbocycles. The van der Waals surface area contributed by atoms with Crippen LogP contribution in [-0.4, -0.2) is 39.5 Å². The van der Waals surface area contributed by atoms with Crippen LogP contribution in [0.3, 0.4) is 0 Å². The molecule has 1 aromatic carbocycles. The van der Waals surface area contributed by atoms with Gasteiger partial charge < -0.3 is 19.5 Å². The van der Waals surface area contributed by atoms with Gasteiger partial charge >= 0.3 is 0 Å². The first kappa shape index (κ1) is 13.2. The number of rotatable bonds is 8. The molecule has 1 saturated carbocycles. The second-order valence-corrected chi connectivity index (χ2v) is 4.53. The Hall–Kier alpha value is -1.26. The van der Waals surface area contributed by atoms with Crippen LogP contribution in [0.4, 0.5) is 0 Å².